The van der Waals surface area contributed by atoms with E-state index >= 15 is 0 Å². The van der Waals surface area contributed by atoms with Crippen LogP contribution >= 0.6 is 23.3 Å². The molecule has 0 aliphatic rings. The van der Waals surface area contributed by atoms with E-state index in [2.05, 4.69) is 18.5 Å². The van der Waals surface area contributed by atoms with E-state index in [-0.39, 0.29) is 21.3 Å². The SMILES string of the molecule is Nc1ccncc1S(=O)(=O)Nc1c(Cl)ccc2nsnc12. The second-order valence-corrected chi connectivity index (χ2v) is 6.66. The Kier molecular flexibility index (Phi) is 3.40. The number of nitrogens with one attached hydrogen (secondary N) is 1. The molecule has 0 atom stereocenters. The Morgan fingerprint density at radius 1 is 1.24 bits per heavy atom. The molecule has 0 aliphatic heterocycles. The zero-order valence-electron chi connectivity index (χ0n) is 10.3. The summed E-state index contributed by atoms with van der Waals surface area (Å²) in [6.07, 6.45) is 2.58. The molecule has 0 fully saturated rings. The molecule has 2 heterocycles. The highest BCUT2D eigenvalue weighted by Gasteiger charge is 2.21. The molecule has 1 aromatic carbocycles. The maximum Gasteiger partial charge on any atom is 0.265 e. The number of pyridine rings is 1. The van der Waals surface area contributed by atoms with E-state index < -0.39 is 10.0 Å². The minimum atomic E-state index is -3.92. The van der Waals surface area contributed by atoms with Crippen LogP contribution in [-0.4, -0.2) is 22.1 Å². The predicted octanol–water partition coefficient (Wildman–Crippen LogP) is 2.12. The highest BCUT2D eigenvalue weighted by atomic mass is 35.5. The van der Waals surface area contributed by atoms with Crippen LogP contribution in [0.2, 0.25) is 5.02 Å². The third-order valence-electron chi connectivity index (χ3n) is 2.72. The number of halogens is 1. The summed E-state index contributed by atoms with van der Waals surface area (Å²) in [5.41, 5.74) is 6.88. The van der Waals surface area contributed by atoms with Gasteiger partial charge in [-0.2, -0.15) is 8.75 Å². The number of anilines is 2. The smallest absolute Gasteiger partial charge is 0.265 e. The Labute approximate surface area is 129 Å². The first-order valence-corrected chi connectivity index (χ1v) is 8.21. The van der Waals surface area contributed by atoms with Crippen molar-refractivity contribution in [1.82, 2.24) is 13.7 Å². The monoisotopic (exact) mass is 341 g/mol. The van der Waals surface area contributed by atoms with E-state index in [9.17, 15) is 8.42 Å². The second kappa shape index (κ2) is 5.10. The minimum Gasteiger partial charge on any atom is -0.398 e. The van der Waals surface area contributed by atoms with Gasteiger partial charge in [0, 0.05) is 12.4 Å². The molecule has 3 rings (SSSR count). The molecule has 0 spiro atoms. The average molecular weight is 342 g/mol. The molecule has 0 amide bonds. The zero-order valence-corrected chi connectivity index (χ0v) is 12.7. The van der Waals surface area contributed by atoms with E-state index in [0.29, 0.717) is 11.0 Å². The van der Waals surface area contributed by atoms with Gasteiger partial charge in [-0.1, -0.05) is 11.6 Å². The highest BCUT2D eigenvalue weighted by molar-refractivity contribution is 7.93. The molecule has 3 aromatic rings. The van der Waals surface area contributed by atoms with Crippen LogP contribution in [0.15, 0.2) is 35.5 Å². The standard InChI is InChI=1S/C11H8ClN5O2S2/c12-6-1-2-8-11(16-20-15-8)10(6)17-21(18,19)9-5-14-4-3-7(9)13/h1-5,17H,(H2,13,14). The quantitative estimate of drug-likeness (QED) is 0.754. The molecule has 0 bridgehead atoms. The summed E-state index contributed by atoms with van der Waals surface area (Å²) in [5, 5.41) is 0.223. The third kappa shape index (κ3) is 2.50. The van der Waals surface area contributed by atoms with Crippen molar-refractivity contribution in [2.45, 2.75) is 4.90 Å². The Balaban J connectivity index is 2.12. The van der Waals surface area contributed by atoms with Gasteiger partial charge in [0.15, 0.2) is 0 Å². The number of hydrogen-bond donors (Lipinski definition) is 2. The van der Waals surface area contributed by atoms with Crippen molar-refractivity contribution in [1.29, 1.82) is 0 Å². The van der Waals surface area contributed by atoms with Gasteiger partial charge in [-0.15, -0.1) is 0 Å². The topological polar surface area (TPSA) is 111 Å². The van der Waals surface area contributed by atoms with E-state index in [0.717, 1.165) is 11.7 Å². The Bertz CT molecular complexity index is 925. The van der Waals surface area contributed by atoms with Crippen molar-refractivity contribution < 1.29 is 8.42 Å². The number of benzene rings is 1. The lowest BCUT2D eigenvalue weighted by Crippen LogP contribution is -2.15. The minimum absolute atomic E-state index is 0.0946. The molecule has 2 aromatic heterocycles. The predicted molar refractivity (Wildman–Crippen MR) is 81.9 cm³/mol. The first kappa shape index (κ1) is 14.0. The summed E-state index contributed by atoms with van der Waals surface area (Å²) in [4.78, 5) is 3.65. The summed E-state index contributed by atoms with van der Waals surface area (Å²) in [6.45, 7) is 0. The molecule has 0 saturated carbocycles. The van der Waals surface area contributed by atoms with Crippen molar-refractivity contribution in [3.63, 3.8) is 0 Å². The van der Waals surface area contributed by atoms with Crippen molar-refractivity contribution in [3.8, 4) is 0 Å². The van der Waals surface area contributed by atoms with Gasteiger partial charge in [0.1, 0.15) is 15.9 Å². The normalized spacial score (nSPS) is 11.7. The maximum absolute atomic E-state index is 12.4. The zero-order chi connectivity index (χ0) is 15.0. The fourth-order valence-electron chi connectivity index (χ4n) is 1.73. The van der Waals surface area contributed by atoms with Gasteiger partial charge in [-0.3, -0.25) is 9.71 Å². The molecular weight excluding hydrogens is 334 g/mol. The van der Waals surface area contributed by atoms with E-state index in [4.69, 9.17) is 17.3 Å². The number of rotatable bonds is 3. The van der Waals surface area contributed by atoms with Crippen LogP contribution in [0.1, 0.15) is 0 Å². The molecule has 3 N–H and O–H groups in total. The fraction of sp³-hybridized carbons (Fsp3) is 0. The average Bonchev–Trinajstić information content (AvgIpc) is 2.91. The lowest BCUT2D eigenvalue weighted by atomic mass is 10.3. The molecule has 0 saturated heterocycles. The number of aromatic nitrogens is 3. The Morgan fingerprint density at radius 2 is 2.05 bits per heavy atom. The third-order valence-corrected chi connectivity index (χ3v) is 4.97. The van der Waals surface area contributed by atoms with Crippen LogP contribution in [0.5, 0.6) is 0 Å². The molecule has 0 aliphatic carbocycles. The first-order chi connectivity index (χ1) is 9.99. The Hall–Kier alpha value is -1.97. The summed E-state index contributed by atoms with van der Waals surface area (Å²) in [5.74, 6) is 0. The van der Waals surface area contributed by atoms with Gasteiger partial charge in [0.2, 0.25) is 0 Å². The van der Waals surface area contributed by atoms with Crippen LogP contribution in [0, 0.1) is 0 Å². The number of hydrogen-bond acceptors (Lipinski definition) is 7. The van der Waals surface area contributed by atoms with Gasteiger partial charge < -0.3 is 5.73 Å². The maximum atomic E-state index is 12.4. The fourth-order valence-corrected chi connectivity index (χ4v) is 3.69. The van der Waals surface area contributed by atoms with Crippen LogP contribution in [0.3, 0.4) is 0 Å². The lowest BCUT2D eigenvalue weighted by Gasteiger charge is -2.11. The second-order valence-electron chi connectivity index (χ2n) is 4.07. The van der Waals surface area contributed by atoms with Gasteiger partial charge in [0.25, 0.3) is 10.0 Å². The van der Waals surface area contributed by atoms with E-state index in [1.165, 1.54) is 18.5 Å². The summed E-state index contributed by atoms with van der Waals surface area (Å²) in [6, 6.07) is 4.62. The number of nitrogens with zero attached hydrogens (tertiary/aromatic N) is 3. The van der Waals surface area contributed by atoms with Crippen molar-refractivity contribution in [2.75, 3.05) is 10.5 Å². The van der Waals surface area contributed by atoms with Gasteiger partial charge >= 0.3 is 0 Å². The molecule has 7 nitrogen and oxygen atoms in total. The van der Waals surface area contributed by atoms with Crippen molar-refractivity contribution in [2.24, 2.45) is 0 Å². The largest absolute Gasteiger partial charge is 0.398 e. The molecule has 108 valence electrons. The molecular formula is C11H8ClN5O2S2. The van der Waals surface area contributed by atoms with Crippen LogP contribution < -0.4 is 10.5 Å². The van der Waals surface area contributed by atoms with Crippen LogP contribution in [-0.2, 0) is 10.0 Å². The highest BCUT2D eigenvalue weighted by Crippen LogP contribution is 2.32. The molecule has 21 heavy (non-hydrogen) atoms. The van der Waals surface area contributed by atoms with Crippen LogP contribution in [0.25, 0.3) is 11.0 Å². The molecule has 10 heteroatoms. The van der Waals surface area contributed by atoms with Crippen molar-refractivity contribution in [3.05, 3.63) is 35.6 Å². The Morgan fingerprint density at radius 3 is 2.81 bits per heavy atom. The molecule has 0 radical (unpaired) electrons. The number of sulfonamides is 1. The molecule has 0 unspecified atom stereocenters. The van der Waals surface area contributed by atoms with Gasteiger partial charge in [0.05, 0.1) is 28.1 Å². The number of fused-ring (bicyclic) bond motifs is 1. The van der Waals surface area contributed by atoms with Crippen LogP contribution in [0.4, 0.5) is 11.4 Å². The number of nitrogen functional groups attached to an aromatic ring is 1. The van der Waals surface area contributed by atoms with E-state index in [1.807, 2.05) is 0 Å². The van der Waals surface area contributed by atoms with Gasteiger partial charge in [-0.25, -0.2) is 8.42 Å². The van der Waals surface area contributed by atoms with E-state index in [1.54, 1.807) is 12.1 Å². The van der Waals surface area contributed by atoms with Crippen molar-refractivity contribution >= 4 is 55.8 Å². The lowest BCUT2D eigenvalue weighted by molar-refractivity contribution is 0.601. The summed E-state index contributed by atoms with van der Waals surface area (Å²) in [7, 11) is -3.92. The number of nitrogens with two attached hydrogens (primary N) is 1. The summed E-state index contributed by atoms with van der Waals surface area (Å²) >= 11 is 7.03. The van der Waals surface area contributed by atoms with Gasteiger partial charge in [-0.05, 0) is 18.2 Å². The first-order valence-electron chi connectivity index (χ1n) is 5.62. The summed E-state index contributed by atoms with van der Waals surface area (Å²) < 4.78 is 35.3.